The lowest BCUT2D eigenvalue weighted by Crippen LogP contribution is -2.21. The van der Waals surface area contributed by atoms with Gasteiger partial charge in [-0.05, 0) is 36.8 Å². The predicted octanol–water partition coefficient (Wildman–Crippen LogP) is 3.61. The Labute approximate surface area is 137 Å². The van der Waals surface area contributed by atoms with Gasteiger partial charge in [0, 0.05) is 5.69 Å². The lowest BCUT2D eigenvalue weighted by atomic mass is 10.1. The van der Waals surface area contributed by atoms with Gasteiger partial charge in [0.1, 0.15) is 0 Å². The second kappa shape index (κ2) is 6.11. The molecule has 6 nitrogen and oxygen atoms in total. The van der Waals surface area contributed by atoms with E-state index in [1.165, 1.54) is 6.92 Å². The van der Waals surface area contributed by atoms with Crippen LogP contribution in [-0.4, -0.2) is 16.0 Å². The summed E-state index contributed by atoms with van der Waals surface area (Å²) in [6.07, 6.45) is 0. The molecule has 0 aliphatic rings. The molecule has 7 heteroatoms. The van der Waals surface area contributed by atoms with Crippen molar-refractivity contribution >= 4 is 34.3 Å². The maximum Gasteiger partial charge on any atom is 0.326 e. The second-order valence-electron chi connectivity index (χ2n) is 5.48. The summed E-state index contributed by atoms with van der Waals surface area (Å²) < 4.78 is 13.4. The third kappa shape index (κ3) is 3.24. The first-order chi connectivity index (χ1) is 11.4. The molecule has 24 heavy (non-hydrogen) atoms. The standard InChI is InChI=1S/C17H16FN5O/c1-9-3-4-11-5-6-13(8-12(11)7-9)21-17(24)23-16-20-10(2)14(18)15(19)22-16/h3-8H,1-2H3,(H4,19,20,21,22,23,24). The molecule has 0 fully saturated rings. The number of anilines is 3. The number of aromatic nitrogens is 2. The molecule has 0 aliphatic heterocycles. The number of amides is 2. The Bertz CT molecular complexity index is 918. The molecule has 3 aromatic rings. The Morgan fingerprint density at radius 1 is 1.04 bits per heavy atom. The normalized spacial score (nSPS) is 10.6. The van der Waals surface area contributed by atoms with Crippen LogP contribution in [0, 0.1) is 19.7 Å². The molecule has 0 saturated heterocycles. The first-order valence-electron chi connectivity index (χ1n) is 7.30. The van der Waals surface area contributed by atoms with Gasteiger partial charge in [0.2, 0.25) is 5.95 Å². The minimum Gasteiger partial charge on any atom is -0.381 e. The fourth-order valence-electron chi connectivity index (χ4n) is 2.35. The van der Waals surface area contributed by atoms with Crippen LogP contribution in [0.15, 0.2) is 36.4 Å². The van der Waals surface area contributed by atoms with Gasteiger partial charge in [0.25, 0.3) is 0 Å². The number of nitrogens with one attached hydrogen (secondary N) is 2. The Morgan fingerprint density at radius 3 is 2.54 bits per heavy atom. The lowest BCUT2D eigenvalue weighted by molar-refractivity contribution is 0.262. The van der Waals surface area contributed by atoms with E-state index in [4.69, 9.17) is 5.73 Å². The SMILES string of the molecule is Cc1ccc2ccc(NC(=O)Nc3nc(C)c(F)c(N)n3)cc2c1. The first kappa shape index (κ1) is 15.7. The number of carbonyl (C=O) groups is 1. The second-order valence-corrected chi connectivity index (χ2v) is 5.48. The van der Waals surface area contributed by atoms with Crippen molar-refractivity contribution in [3.05, 3.63) is 53.5 Å². The fraction of sp³-hybridized carbons (Fsp3) is 0.118. The summed E-state index contributed by atoms with van der Waals surface area (Å²) in [5.41, 5.74) is 7.25. The van der Waals surface area contributed by atoms with Crippen molar-refractivity contribution in [2.75, 3.05) is 16.4 Å². The van der Waals surface area contributed by atoms with Crippen LogP contribution < -0.4 is 16.4 Å². The van der Waals surface area contributed by atoms with Crippen LogP contribution in [0.25, 0.3) is 10.8 Å². The van der Waals surface area contributed by atoms with Gasteiger partial charge in [-0.1, -0.05) is 29.8 Å². The quantitative estimate of drug-likeness (QED) is 0.671. The van der Waals surface area contributed by atoms with Crippen molar-refractivity contribution in [3.63, 3.8) is 0 Å². The number of nitrogens with two attached hydrogens (primary N) is 1. The van der Waals surface area contributed by atoms with Gasteiger partial charge in [0.05, 0.1) is 5.69 Å². The van der Waals surface area contributed by atoms with Crippen LogP contribution in [0.4, 0.5) is 26.6 Å². The van der Waals surface area contributed by atoms with Gasteiger partial charge in [-0.3, -0.25) is 5.32 Å². The Morgan fingerprint density at radius 2 is 1.79 bits per heavy atom. The third-order valence-electron chi connectivity index (χ3n) is 3.52. The molecule has 0 bridgehead atoms. The highest BCUT2D eigenvalue weighted by Gasteiger charge is 2.11. The predicted molar refractivity (Wildman–Crippen MR) is 92.5 cm³/mol. The molecular weight excluding hydrogens is 309 g/mol. The van der Waals surface area contributed by atoms with Gasteiger partial charge in [-0.15, -0.1) is 0 Å². The van der Waals surface area contributed by atoms with Crippen LogP contribution in [0.3, 0.4) is 0 Å². The summed E-state index contributed by atoms with van der Waals surface area (Å²) in [6.45, 7) is 3.45. The van der Waals surface area contributed by atoms with Crippen molar-refractivity contribution in [3.8, 4) is 0 Å². The van der Waals surface area contributed by atoms with E-state index >= 15 is 0 Å². The number of nitrogen functional groups attached to an aromatic ring is 1. The summed E-state index contributed by atoms with van der Waals surface area (Å²) in [7, 11) is 0. The minimum atomic E-state index is -0.689. The molecule has 1 heterocycles. The largest absolute Gasteiger partial charge is 0.381 e. The Hall–Kier alpha value is -3.22. The van der Waals surface area contributed by atoms with Crippen LogP contribution in [0.1, 0.15) is 11.3 Å². The lowest BCUT2D eigenvalue weighted by Gasteiger charge is -2.09. The summed E-state index contributed by atoms with van der Waals surface area (Å²) in [4.78, 5) is 19.6. The number of rotatable bonds is 2. The molecule has 2 aromatic carbocycles. The topological polar surface area (TPSA) is 92.9 Å². The minimum absolute atomic E-state index is 0.0551. The highest BCUT2D eigenvalue weighted by Crippen LogP contribution is 2.20. The number of nitrogens with zero attached hydrogens (tertiary/aromatic N) is 2. The van der Waals surface area contributed by atoms with Gasteiger partial charge in [0.15, 0.2) is 11.6 Å². The highest BCUT2D eigenvalue weighted by atomic mass is 19.1. The number of halogens is 1. The monoisotopic (exact) mass is 325 g/mol. The smallest absolute Gasteiger partial charge is 0.326 e. The van der Waals surface area contributed by atoms with Crippen molar-refractivity contribution in [2.45, 2.75) is 13.8 Å². The van der Waals surface area contributed by atoms with Crippen molar-refractivity contribution < 1.29 is 9.18 Å². The Balaban J connectivity index is 1.77. The molecule has 0 aliphatic carbocycles. The van der Waals surface area contributed by atoms with Gasteiger partial charge in [-0.2, -0.15) is 4.98 Å². The first-order valence-corrected chi connectivity index (χ1v) is 7.30. The average Bonchev–Trinajstić information content (AvgIpc) is 2.52. The molecule has 0 spiro atoms. The summed E-state index contributed by atoms with van der Waals surface area (Å²) in [5, 5.41) is 7.23. The Kier molecular flexibility index (Phi) is 3.99. The average molecular weight is 325 g/mol. The zero-order valence-electron chi connectivity index (χ0n) is 13.2. The molecule has 3 rings (SSSR count). The maximum absolute atomic E-state index is 13.4. The molecule has 122 valence electrons. The number of urea groups is 1. The van der Waals surface area contributed by atoms with Crippen molar-refractivity contribution in [2.24, 2.45) is 0 Å². The number of hydrogen-bond donors (Lipinski definition) is 3. The summed E-state index contributed by atoms with van der Waals surface area (Å²) in [6, 6.07) is 11.1. The molecule has 2 amide bonds. The van der Waals surface area contributed by atoms with E-state index in [1.807, 2.05) is 37.3 Å². The highest BCUT2D eigenvalue weighted by molar-refractivity contribution is 6.00. The maximum atomic E-state index is 13.4. The number of benzene rings is 2. The van der Waals surface area contributed by atoms with Gasteiger partial charge < -0.3 is 11.1 Å². The van der Waals surface area contributed by atoms with Crippen molar-refractivity contribution in [1.29, 1.82) is 0 Å². The molecule has 0 atom stereocenters. The molecule has 0 saturated carbocycles. The molecule has 1 aromatic heterocycles. The van der Waals surface area contributed by atoms with Crippen molar-refractivity contribution in [1.82, 2.24) is 9.97 Å². The molecular formula is C17H16FN5O. The summed E-state index contributed by atoms with van der Waals surface area (Å²) in [5.74, 6) is -1.05. The van der Waals surface area contributed by atoms with Gasteiger partial charge in [-0.25, -0.2) is 14.2 Å². The van der Waals surface area contributed by atoms with E-state index in [9.17, 15) is 9.18 Å². The third-order valence-corrected chi connectivity index (χ3v) is 3.52. The van der Waals surface area contributed by atoms with E-state index in [0.29, 0.717) is 5.69 Å². The van der Waals surface area contributed by atoms with E-state index in [1.54, 1.807) is 6.07 Å². The zero-order chi connectivity index (χ0) is 17.3. The van der Waals surface area contributed by atoms with Crippen LogP contribution in [-0.2, 0) is 0 Å². The van der Waals surface area contributed by atoms with Crippen LogP contribution in [0.2, 0.25) is 0 Å². The number of aryl methyl sites for hydroxylation is 2. The van der Waals surface area contributed by atoms with Crippen LogP contribution >= 0.6 is 0 Å². The van der Waals surface area contributed by atoms with E-state index in [2.05, 4.69) is 20.6 Å². The summed E-state index contributed by atoms with van der Waals surface area (Å²) >= 11 is 0. The fourth-order valence-corrected chi connectivity index (χ4v) is 2.35. The molecule has 4 N–H and O–H groups in total. The van der Waals surface area contributed by atoms with E-state index < -0.39 is 11.8 Å². The molecule has 0 unspecified atom stereocenters. The van der Waals surface area contributed by atoms with E-state index in [0.717, 1.165) is 16.3 Å². The zero-order valence-corrected chi connectivity index (χ0v) is 13.2. The number of carbonyl (C=O) groups excluding carboxylic acids is 1. The molecule has 0 radical (unpaired) electrons. The van der Waals surface area contributed by atoms with Crippen LogP contribution in [0.5, 0.6) is 0 Å². The number of fused-ring (bicyclic) bond motifs is 1. The number of hydrogen-bond acceptors (Lipinski definition) is 4. The van der Waals surface area contributed by atoms with Gasteiger partial charge >= 0.3 is 6.03 Å². The van der Waals surface area contributed by atoms with E-state index in [-0.39, 0.29) is 17.5 Å².